The van der Waals surface area contributed by atoms with E-state index in [9.17, 15) is 4.79 Å². The number of aromatic nitrogens is 3. The van der Waals surface area contributed by atoms with E-state index in [1.54, 1.807) is 4.90 Å². The lowest BCUT2D eigenvalue weighted by molar-refractivity contribution is 0.0707. The SMILES string of the molecule is CCCCN(CCO)C(=O)c1n[nH]c(C2CC2)n1. The van der Waals surface area contributed by atoms with Gasteiger partial charge in [0.2, 0.25) is 5.82 Å². The average Bonchev–Trinajstić information content (AvgIpc) is 3.11. The monoisotopic (exact) mass is 252 g/mol. The second kappa shape index (κ2) is 5.95. The fourth-order valence-corrected chi connectivity index (χ4v) is 1.84. The van der Waals surface area contributed by atoms with Crippen molar-refractivity contribution in [1.29, 1.82) is 0 Å². The van der Waals surface area contributed by atoms with Gasteiger partial charge in [0.1, 0.15) is 5.82 Å². The highest BCUT2D eigenvalue weighted by Gasteiger charge is 2.29. The summed E-state index contributed by atoms with van der Waals surface area (Å²) in [6.45, 7) is 3.02. The lowest BCUT2D eigenvalue weighted by Gasteiger charge is -2.19. The summed E-state index contributed by atoms with van der Waals surface area (Å²) in [7, 11) is 0. The van der Waals surface area contributed by atoms with E-state index in [1.165, 1.54) is 0 Å². The number of carbonyl (C=O) groups excluding carboxylic acids is 1. The minimum absolute atomic E-state index is 0.0324. The van der Waals surface area contributed by atoms with Crippen molar-refractivity contribution < 1.29 is 9.90 Å². The molecule has 2 rings (SSSR count). The third-order valence-electron chi connectivity index (χ3n) is 3.10. The van der Waals surface area contributed by atoms with Gasteiger partial charge in [-0.3, -0.25) is 9.89 Å². The molecule has 1 fully saturated rings. The Bertz CT molecular complexity index is 401. The first-order valence-corrected chi connectivity index (χ1v) is 6.58. The summed E-state index contributed by atoms with van der Waals surface area (Å²) in [5, 5.41) is 15.8. The molecule has 100 valence electrons. The van der Waals surface area contributed by atoms with Gasteiger partial charge < -0.3 is 10.0 Å². The van der Waals surface area contributed by atoms with Crippen LogP contribution in [-0.4, -0.2) is 50.8 Å². The van der Waals surface area contributed by atoms with Crippen LogP contribution >= 0.6 is 0 Å². The minimum Gasteiger partial charge on any atom is -0.395 e. The predicted molar refractivity (Wildman–Crippen MR) is 66.3 cm³/mol. The van der Waals surface area contributed by atoms with Crippen molar-refractivity contribution in [1.82, 2.24) is 20.1 Å². The van der Waals surface area contributed by atoms with Crippen LogP contribution in [0.5, 0.6) is 0 Å². The Kier molecular flexibility index (Phi) is 4.30. The number of rotatable bonds is 7. The Morgan fingerprint density at radius 2 is 2.28 bits per heavy atom. The highest BCUT2D eigenvalue weighted by Crippen LogP contribution is 2.37. The number of nitrogens with one attached hydrogen (secondary N) is 1. The van der Waals surface area contributed by atoms with E-state index in [-0.39, 0.29) is 18.3 Å². The summed E-state index contributed by atoms with van der Waals surface area (Å²) in [6.07, 6.45) is 4.18. The van der Waals surface area contributed by atoms with Crippen LogP contribution in [0.1, 0.15) is 55.0 Å². The van der Waals surface area contributed by atoms with Crippen LogP contribution in [-0.2, 0) is 0 Å². The number of amides is 1. The van der Waals surface area contributed by atoms with Crippen molar-refractivity contribution in [3.05, 3.63) is 11.6 Å². The molecule has 0 saturated heterocycles. The van der Waals surface area contributed by atoms with Gasteiger partial charge in [-0.15, -0.1) is 5.10 Å². The van der Waals surface area contributed by atoms with Crippen molar-refractivity contribution in [3.63, 3.8) is 0 Å². The Hall–Kier alpha value is -1.43. The number of H-pyrrole nitrogens is 1. The zero-order chi connectivity index (χ0) is 13.0. The second-order valence-electron chi connectivity index (χ2n) is 4.69. The number of hydrogen-bond donors (Lipinski definition) is 2. The van der Waals surface area contributed by atoms with Crippen LogP contribution in [0, 0.1) is 0 Å². The molecule has 0 unspecified atom stereocenters. The zero-order valence-corrected chi connectivity index (χ0v) is 10.7. The lowest BCUT2D eigenvalue weighted by Crippen LogP contribution is -2.35. The van der Waals surface area contributed by atoms with Gasteiger partial charge in [-0.05, 0) is 19.3 Å². The summed E-state index contributed by atoms with van der Waals surface area (Å²) in [5.41, 5.74) is 0. The Balaban J connectivity index is 2.00. The van der Waals surface area contributed by atoms with E-state index in [4.69, 9.17) is 5.11 Å². The number of nitrogens with zero attached hydrogens (tertiary/aromatic N) is 3. The van der Waals surface area contributed by atoms with Crippen molar-refractivity contribution in [2.24, 2.45) is 0 Å². The fourth-order valence-electron chi connectivity index (χ4n) is 1.84. The summed E-state index contributed by atoms with van der Waals surface area (Å²) >= 11 is 0. The van der Waals surface area contributed by atoms with Gasteiger partial charge in [-0.2, -0.15) is 0 Å². The summed E-state index contributed by atoms with van der Waals surface area (Å²) in [5.74, 6) is 1.31. The molecule has 1 aromatic rings. The van der Waals surface area contributed by atoms with Crippen molar-refractivity contribution >= 4 is 5.91 Å². The molecular formula is C12H20N4O2. The highest BCUT2D eigenvalue weighted by atomic mass is 16.3. The maximum Gasteiger partial charge on any atom is 0.293 e. The molecular weight excluding hydrogens is 232 g/mol. The number of aliphatic hydroxyl groups is 1. The van der Waals surface area contributed by atoms with Gasteiger partial charge in [0.25, 0.3) is 5.91 Å². The standard InChI is InChI=1S/C12H20N4O2/c1-2-3-6-16(7-8-17)12(18)11-13-10(14-15-11)9-4-5-9/h9,17H,2-8H2,1H3,(H,13,14,15). The third-order valence-corrected chi connectivity index (χ3v) is 3.10. The molecule has 0 aliphatic heterocycles. The van der Waals surface area contributed by atoms with E-state index in [0.717, 1.165) is 31.5 Å². The first kappa shape index (κ1) is 13.0. The Morgan fingerprint density at radius 1 is 1.50 bits per heavy atom. The first-order chi connectivity index (χ1) is 8.76. The fraction of sp³-hybridized carbons (Fsp3) is 0.750. The summed E-state index contributed by atoms with van der Waals surface area (Å²) in [6, 6.07) is 0. The molecule has 0 spiro atoms. The molecule has 6 nitrogen and oxygen atoms in total. The molecule has 6 heteroatoms. The first-order valence-electron chi connectivity index (χ1n) is 6.58. The van der Waals surface area contributed by atoms with Gasteiger partial charge >= 0.3 is 0 Å². The molecule has 0 bridgehead atoms. The number of aliphatic hydroxyl groups excluding tert-OH is 1. The number of carbonyl (C=O) groups is 1. The number of unbranched alkanes of at least 4 members (excludes halogenated alkanes) is 1. The Morgan fingerprint density at radius 3 is 2.89 bits per heavy atom. The van der Waals surface area contributed by atoms with Gasteiger partial charge in [0.15, 0.2) is 0 Å². The van der Waals surface area contributed by atoms with Crippen molar-refractivity contribution in [2.45, 2.75) is 38.5 Å². The smallest absolute Gasteiger partial charge is 0.293 e. The van der Waals surface area contributed by atoms with Crippen LogP contribution in [0.15, 0.2) is 0 Å². The maximum atomic E-state index is 12.2. The summed E-state index contributed by atoms with van der Waals surface area (Å²) in [4.78, 5) is 18.0. The van der Waals surface area contributed by atoms with Gasteiger partial charge in [0, 0.05) is 19.0 Å². The molecule has 1 aliphatic carbocycles. The van der Waals surface area contributed by atoms with E-state index in [2.05, 4.69) is 22.1 Å². The predicted octanol–water partition coefficient (Wildman–Crippen LogP) is 0.917. The quantitative estimate of drug-likeness (QED) is 0.756. The van der Waals surface area contributed by atoms with E-state index in [1.807, 2.05) is 0 Å². The van der Waals surface area contributed by atoms with E-state index in [0.29, 0.717) is 19.0 Å². The van der Waals surface area contributed by atoms with Crippen LogP contribution in [0.2, 0.25) is 0 Å². The van der Waals surface area contributed by atoms with Crippen LogP contribution < -0.4 is 0 Å². The van der Waals surface area contributed by atoms with Crippen molar-refractivity contribution in [3.8, 4) is 0 Å². The van der Waals surface area contributed by atoms with Gasteiger partial charge in [0.05, 0.1) is 6.61 Å². The largest absolute Gasteiger partial charge is 0.395 e. The highest BCUT2D eigenvalue weighted by molar-refractivity contribution is 5.90. The second-order valence-corrected chi connectivity index (χ2v) is 4.69. The molecule has 1 aromatic heterocycles. The molecule has 1 aliphatic rings. The zero-order valence-electron chi connectivity index (χ0n) is 10.7. The van der Waals surface area contributed by atoms with Gasteiger partial charge in [-0.25, -0.2) is 4.98 Å². The molecule has 18 heavy (non-hydrogen) atoms. The molecule has 0 radical (unpaired) electrons. The number of hydrogen-bond acceptors (Lipinski definition) is 4. The van der Waals surface area contributed by atoms with Crippen LogP contribution in [0.4, 0.5) is 0 Å². The van der Waals surface area contributed by atoms with Crippen LogP contribution in [0.3, 0.4) is 0 Å². The lowest BCUT2D eigenvalue weighted by atomic mass is 10.3. The normalized spacial score (nSPS) is 14.8. The van der Waals surface area contributed by atoms with E-state index >= 15 is 0 Å². The van der Waals surface area contributed by atoms with Crippen molar-refractivity contribution in [2.75, 3.05) is 19.7 Å². The molecule has 1 heterocycles. The summed E-state index contributed by atoms with van der Waals surface area (Å²) < 4.78 is 0. The van der Waals surface area contributed by atoms with E-state index < -0.39 is 0 Å². The van der Waals surface area contributed by atoms with Gasteiger partial charge in [-0.1, -0.05) is 13.3 Å². The maximum absolute atomic E-state index is 12.2. The minimum atomic E-state index is -0.194. The molecule has 0 atom stereocenters. The Labute approximate surface area is 106 Å². The molecule has 0 aromatic carbocycles. The molecule has 2 N–H and O–H groups in total. The van der Waals surface area contributed by atoms with Crippen LogP contribution in [0.25, 0.3) is 0 Å². The number of aromatic amines is 1. The average molecular weight is 252 g/mol. The molecule has 1 amide bonds. The topological polar surface area (TPSA) is 82.1 Å². The molecule has 1 saturated carbocycles. The third kappa shape index (κ3) is 3.07.